The zero-order valence-electron chi connectivity index (χ0n) is 18.3. The maximum Gasteiger partial charge on any atom is 0.205 e. The molecule has 0 spiro atoms. The van der Waals surface area contributed by atoms with E-state index >= 15 is 0 Å². The number of benzene rings is 2. The molecule has 3 heterocycles. The monoisotopic (exact) mass is 458 g/mol. The number of halogens is 1. The van der Waals surface area contributed by atoms with Gasteiger partial charge in [-0.3, -0.25) is 9.78 Å². The SMILES string of the molecule is CCc1cc2c(cn1)c(C=O)c(C)n2Cc1ccc(-c2ccccc2-c2nn[nH]n2)cc1.Cl. The molecule has 0 fully saturated rings. The molecule has 0 atom stereocenters. The topological polar surface area (TPSA) is 89.4 Å². The zero-order valence-corrected chi connectivity index (χ0v) is 19.1. The molecule has 0 unspecified atom stereocenters. The van der Waals surface area contributed by atoms with E-state index in [0.29, 0.717) is 17.9 Å². The first-order valence-electron chi connectivity index (χ1n) is 10.5. The van der Waals surface area contributed by atoms with Crippen LogP contribution in [0.5, 0.6) is 0 Å². The summed E-state index contributed by atoms with van der Waals surface area (Å²) in [5.74, 6) is 0.570. The molecule has 0 aliphatic heterocycles. The number of nitrogens with zero attached hydrogens (tertiary/aromatic N) is 5. The molecule has 33 heavy (non-hydrogen) atoms. The number of carbonyl (C=O) groups is 1. The van der Waals surface area contributed by atoms with Crippen LogP contribution in [0.15, 0.2) is 60.8 Å². The van der Waals surface area contributed by atoms with Crippen molar-refractivity contribution >= 4 is 29.6 Å². The Labute approximate surface area is 197 Å². The summed E-state index contributed by atoms with van der Waals surface area (Å²) in [6, 6.07) is 18.6. The Morgan fingerprint density at radius 3 is 2.48 bits per heavy atom. The Bertz CT molecular complexity index is 1410. The fraction of sp³-hybridized carbons (Fsp3) is 0.160. The molecular formula is C25H23ClN6O. The van der Waals surface area contributed by atoms with Gasteiger partial charge in [-0.05, 0) is 41.3 Å². The van der Waals surface area contributed by atoms with Gasteiger partial charge in [-0.1, -0.05) is 55.5 Å². The molecule has 5 aromatic rings. The van der Waals surface area contributed by atoms with Gasteiger partial charge in [0.2, 0.25) is 5.82 Å². The van der Waals surface area contributed by atoms with E-state index in [4.69, 9.17) is 0 Å². The van der Waals surface area contributed by atoms with Crippen molar-refractivity contribution in [2.75, 3.05) is 0 Å². The van der Waals surface area contributed by atoms with E-state index in [9.17, 15) is 4.79 Å². The number of aromatic nitrogens is 6. The maximum absolute atomic E-state index is 11.7. The Morgan fingerprint density at radius 2 is 1.82 bits per heavy atom. The van der Waals surface area contributed by atoms with Crippen LogP contribution in [0, 0.1) is 6.92 Å². The van der Waals surface area contributed by atoms with Gasteiger partial charge in [-0.15, -0.1) is 22.6 Å². The molecule has 5 rings (SSSR count). The summed E-state index contributed by atoms with van der Waals surface area (Å²) >= 11 is 0. The van der Waals surface area contributed by atoms with Crippen molar-refractivity contribution < 1.29 is 4.79 Å². The largest absolute Gasteiger partial charge is 0.340 e. The predicted octanol–water partition coefficient (Wildman–Crippen LogP) is 5.04. The van der Waals surface area contributed by atoms with Crippen molar-refractivity contribution in [3.8, 4) is 22.5 Å². The molecule has 8 heteroatoms. The summed E-state index contributed by atoms with van der Waals surface area (Å²) in [5.41, 5.74) is 7.93. The molecule has 0 aliphatic rings. The van der Waals surface area contributed by atoms with Gasteiger partial charge in [-0.2, -0.15) is 5.21 Å². The Kier molecular flexibility index (Phi) is 6.33. The van der Waals surface area contributed by atoms with E-state index in [1.807, 2.05) is 31.3 Å². The number of hydrogen-bond acceptors (Lipinski definition) is 5. The van der Waals surface area contributed by atoms with Crippen molar-refractivity contribution in [1.29, 1.82) is 0 Å². The lowest BCUT2D eigenvalue weighted by Gasteiger charge is -2.11. The number of aryl methyl sites for hydroxylation is 1. The highest BCUT2D eigenvalue weighted by Crippen LogP contribution is 2.30. The second-order valence-electron chi connectivity index (χ2n) is 7.73. The average molecular weight is 459 g/mol. The molecule has 2 aromatic carbocycles. The fourth-order valence-corrected chi connectivity index (χ4v) is 4.16. The quantitative estimate of drug-likeness (QED) is 0.360. The van der Waals surface area contributed by atoms with Crippen molar-refractivity contribution in [3.63, 3.8) is 0 Å². The first-order valence-corrected chi connectivity index (χ1v) is 10.5. The third-order valence-corrected chi connectivity index (χ3v) is 5.91. The number of H-pyrrole nitrogens is 1. The first-order chi connectivity index (χ1) is 15.7. The lowest BCUT2D eigenvalue weighted by molar-refractivity contribution is 0.112. The van der Waals surface area contributed by atoms with E-state index < -0.39 is 0 Å². The highest BCUT2D eigenvalue weighted by molar-refractivity contribution is 5.99. The third-order valence-electron chi connectivity index (χ3n) is 5.91. The second kappa shape index (κ2) is 9.34. The normalized spacial score (nSPS) is 10.8. The van der Waals surface area contributed by atoms with Gasteiger partial charge in [0.15, 0.2) is 6.29 Å². The lowest BCUT2D eigenvalue weighted by atomic mass is 9.98. The number of nitrogens with one attached hydrogen (secondary N) is 1. The predicted molar refractivity (Wildman–Crippen MR) is 131 cm³/mol. The number of carbonyl (C=O) groups excluding carboxylic acids is 1. The van der Waals surface area contributed by atoms with Gasteiger partial charge in [0.05, 0.1) is 5.52 Å². The highest BCUT2D eigenvalue weighted by atomic mass is 35.5. The Hall–Kier alpha value is -3.84. The molecule has 0 saturated carbocycles. The van der Waals surface area contributed by atoms with Gasteiger partial charge in [-0.25, -0.2) is 0 Å². The molecule has 7 nitrogen and oxygen atoms in total. The Balaban J connectivity index is 0.00000259. The van der Waals surface area contributed by atoms with Crippen LogP contribution in [0.25, 0.3) is 33.4 Å². The van der Waals surface area contributed by atoms with Gasteiger partial charge >= 0.3 is 0 Å². The maximum atomic E-state index is 11.7. The van der Waals surface area contributed by atoms with Crippen LogP contribution >= 0.6 is 12.4 Å². The number of fused-ring (bicyclic) bond motifs is 1. The van der Waals surface area contributed by atoms with Gasteiger partial charge in [0.25, 0.3) is 0 Å². The highest BCUT2D eigenvalue weighted by Gasteiger charge is 2.15. The summed E-state index contributed by atoms with van der Waals surface area (Å²) in [4.78, 5) is 16.2. The Morgan fingerprint density at radius 1 is 1.06 bits per heavy atom. The van der Waals surface area contributed by atoms with E-state index in [1.54, 1.807) is 0 Å². The minimum absolute atomic E-state index is 0. The van der Waals surface area contributed by atoms with Crippen LogP contribution in [0.2, 0.25) is 0 Å². The summed E-state index contributed by atoms with van der Waals surface area (Å²) in [6.07, 6.45) is 3.60. The van der Waals surface area contributed by atoms with E-state index in [0.717, 1.165) is 57.3 Å². The minimum atomic E-state index is 0. The van der Waals surface area contributed by atoms with Gasteiger partial charge in [0, 0.05) is 40.6 Å². The van der Waals surface area contributed by atoms with Crippen molar-refractivity contribution in [1.82, 2.24) is 30.2 Å². The summed E-state index contributed by atoms with van der Waals surface area (Å²) < 4.78 is 2.20. The van der Waals surface area contributed by atoms with Gasteiger partial charge in [0.1, 0.15) is 0 Å². The summed E-state index contributed by atoms with van der Waals surface area (Å²) in [6.45, 7) is 4.75. The average Bonchev–Trinajstić information content (AvgIpc) is 3.46. The van der Waals surface area contributed by atoms with E-state index in [2.05, 4.69) is 73.5 Å². The lowest BCUT2D eigenvalue weighted by Crippen LogP contribution is -2.03. The van der Waals surface area contributed by atoms with E-state index in [-0.39, 0.29) is 12.4 Å². The molecule has 166 valence electrons. The number of tetrazole rings is 1. The minimum Gasteiger partial charge on any atom is -0.340 e. The molecule has 0 amide bonds. The standard InChI is InChI=1S/C25H22N6O.ClH/c1-3-19-12-24-22(13-26-19)23(15-32)16(2)31(24)14-17-8-10-18(11-9-17)20-6-4-5-7-21(20)25-27-29-30-28-25;/h4-13,15H,3,14H2,1-2H3,(H,27,28,29,30);1H. The van der Waals surface area contributed by atoms with Crippen LogP contribution in [-0.4, -0.2) is 36.5 Å². The summed E-state index contributed by atoms with van der Waals surface area (Å²) in [7, 11) is 0. The fourth-order valence-electron chi connectivity index (χ4n) is 4.16. The number of aromatic amines is 1. The van der Waals surface area contributed by atoms with E-state index in [1.165, 1.54) is 0 Å². The number of hydrogen-bond donors (Lipinski definition) is 1. The van der Waals surface area contributed by atoms with Gasteiger partial charge < -0.3 is 4.57 Å². The molecule has 0 bridgehead atoms. The number of aldehydes is 1. The van der Waals surface area contributed by atoms with Crippen molar-refractivity contribution in [2.24, 2.45) is 0 Å². The molecule has 3 aromatic heterocycles. The molecular weight excluding hydrogens is 436 g/mol. The number of rotatable bonds is 6. The van der Waals surface area contributed by atoms with Crippen LogP contribution in [0.4, 0.5) is 0 Å². The molecule has 1 N–H and O–H groups in total. The smallest absolute Gasteiger partial charge is 0.205 e. The van der Waals surface area contributed by atoms with Crippen LogP contribution < -0.4 is 0 Å². The van der Waals surface area contributed by atoms with Crippen molar-refractivity contribution in [3.05, 3.63) is 83.3 Å². The first kappa shape index (κ1) is 22.4. The van der Waals surface area contributed by atoms with Crippen molar-refractivity contribution in [2.45, 2.75) is 26.8 Å². The van der Waals surface area contributed by atoms with Crippen LogP contribution in [-0.2, 0) is 13.0 Å². The number of pyridine rings is 1. The molecule has 0 saturated heterocycles. The van der Waals surface area contributed by atoms with Crippen LogP contribution in [0.3, 0.4) is 0 Å². The zero-order chi connectivity index (χ0) is 22.1. The molecule has 0 radical (unpaired) electrons. The van der Waals surface area contributed by atoms with Crippen LogP contribution in [0.1, 0.15) is 34.2 Å². The third kappa shape index (κ3) is 4.03. The summed E-state index contributed by atoms with van der Waals surface area (Å²) in [5, 5.41) is 15.3. The second-order valence-corrected chi connectivity index (χ2v) is 7.73. The molecule has 0 aliphatic carbocycles.